The predicted molar refractivity (Wildman–Crippen MR) is 104 cm³/mol. The number of aromatic nitrogens is 1. The van der Waals surface area contributed by atoms with Crippen LogP contribution >= 0.6 is 0 Å². The molecule has 1 saturated heterocycles. The lowest BCUT2D eigenvalue weighted by Crippen LogP contribution is -2.23. The van der Waals surface area contributed by atoms with Crippen LogP contribution in [0.4, 0.5) is 17.1 Å². The lowest BCUT2D eigenvalue weighted by atomic mass is 10.1. The van der Waals surface area contributed by atoms with E-state index in [1.54, 1.807) is 18.3 Å². The van der Waals surface area contributed by atoms with Crippen LogP contribution < -0.4 is 10.2 Å². The highest BCUT2D eigenvalue weighted by Gasteiger charge is 2.21. The number of nitrogens with zero attached hydrogens (tertiary/aromatic N) is 3. The summed E-state index contributed by atoms with van der Waals surface area (Å²) >= 11 is 0. The number of carbonyl (C=O) groups excluding carboxylic acids is 1. The first kappa shape index (κ1) is 17.0. The zero-order chi connectivity index (χ0) is 18.8. The van der Waals surface area contributed by atoms with E-state index < -0.39 is 4.92 Å². The third-order valence-corrected chi connectivity index (χ3v) is 4.80. The van der Waals surface area contributed by atoms with Gasteiger partial charge in [0, 0.05) is 54.7 Å². The van der Waals surface area contributed by atoms with Crippen LogP contribution in [0.15, 0.2) is 54.9 Å². The molecule has 1 aliphatic heterocycles. The fraction of sp³-hybridized carbons (Fsp3) is 0.200. The van der Waals surface area contributed by atoms with E-state index in [4.69, 9.17) is 0 Å². The molecule has 0 spiro atoms. The Bertz CT molecular complexity index is 1020. The maximum Gasteiger partial charge on any atom is 0.278 e. The first-order chi connectivity index (χ1) is 13.1. The minimum absolute atomic E-state index is 0.0447. The van der Waals surface area contributed by atoms with Crippen molar-refractivity contribution >= 4 is 33.7 Å². The Balaban J connectivity index is 1.53. The average molecular weight is 362 g/mol. The number of carbonyl (C=O) groups is 1. The summed E-state index contributed by atoms with van der Waals surface area (Å²) in [5, 5.41) is 15.8. The van der Waals surface area contributed by atoms with Gasteiger partial charge in [-0.15, -0.1) is 0 Å². The molecule has 0 atom stereocenters. The number of pyridine rings is 1. The second kappa shape index (κ2) is 7.03. The number of non-ortho nitro benzene ring substituents is 1. The molecule has 136 valence electrons. The van der Waals surface area contributed by atoms with E-state index in [0.29, 0.717) is 18.4 Å². The van der Waals surface area contributed by atoms with Gasteiger partial charge in [0.1, 0.15) is 0 Å². The summed E-state index contributed by atoms with van der Waals surface area (Å²) in [5.74, 6) is 0.173. The van der Waals surface area contributed by atoms with Crippen LogP contribution in [0.3, 0.4) is 0 Å². The number of hydrogen-bond donors (Lipinski definition) is 1. The standard InChI is InChI=1S/C20H18N4O3/c25-20-2-1-11-23(20)15-5-3-14(4-6-15)12-22-18-7-8-19(24(26)27)17-13-21-10-9-16(17)18/h3-10,13,22H,1-2,11-12H2. The van der Waals surface area contributed by atoms with Gasteiger partial charge in [-0.05, 0) is 36.2 Å². The van der Waals surface area contributed by atoms with Crippen LogP contribution in [0.1, 0.15) is 18.4 Å². The zero-order valence-electron chi connectivity index (χ0n) is 14.6. The smallest absolute Gasteiger partial charge is 0.278 e. The van der Waals surface area contributed by atoms with E-state index in [0.717, 1.165) is 35.3 Å². The lowest BCUT2D eigenvalue weighted by Gasteiger charge is -2.16. The molecule has 27 heavy (non-hydrogen) atoms. The number of anilines is 2. The first-order valence-electron chi connectivity index (χ1n) is 8.78. The topological polar surface area (TPSA) is 88.4 Å². The van der Waals surface area contributed by atoms with E-state index in [2.05, 4.69) is 10.3 Å². The molecule has 2 aromatic carbocycles. The second-order valence-electron chi connectivity index (χ2n) is 6.48. The maximum atomic E-state index is 11.8. The Morgan fingerprint density at radius 2 is 1.93 bits per heavy atom. The van der Waals surface area contributed by atoms with Crippen molar-refractivity contribution in [3.05, 3.63) is 70.5 Å². The number of fused-ring (bicyclic) bond motifs is 1. The Labute approximate surface area is 155 Å². The van der Waals surface area contributed by atoms with Gasteiger partial charge in [-0.2, -0.15) is 0 Å². The average Bonchev–Trinajstić information content (AvgIpc) is 3.12. The highest BCUT2D eigenvalue weighted by Crippen LogP contribution is 2.31. The Kier molecular flexibility index (Phi) is 4.42. The van der Waals surface area contributed by atoms with Crippen molar-refractivity contribution in [2.24, 2.45) is 0 Å². The van der Waals surface area contributed by atoms with Gasteiger partial charge in [-0.3, -0.25) is 19.9 Å². The zero-order valence-corrected chi connectivity index (χ0v) is 14.6. The summed E-state index contributed by atoms with van der Waals surface area (Å²) < 4.78 is 0. The SMILES string of the molecule is O=C1CCCN1c1ccc(CNc2ccc([N+](=O)[O-])c3cnccc23)cc1. The van der Waals surface area contributed by atoms with Gasteiger partial charge < -0.3 is 10.2 Å². The van der Waals surface area contributed by atoms with Crippen LogP contribution in [-0.4, -0.2) is 22.4 Å². The lowest BCUT2D eigenvalue weighted by molar-refractivity contribution is -0.383. The van der Waals surface area contributed by atoms with Crippen LogP contribution in [0.2, 0.25) is 0 Å². The van der Waals surface area contributed by atoms with E-state index in [1.165, 1.54) is 12.3 Å². The van der Waals surface area contributed by atoms with Gasteiger partial charge in [0.15, 0.2) is 0 Å². The first-order valence-corrected chi connectivity index (χ1v) is 8.78. The molecule has 0 bridgehead atoms. The molecule has 3 aromatic rings. The molecule has 7 heteroatoms. The molecule has 0 radical (unpaired) electrons. The molecule has 0 saturated carbocycles. The van der Waals surface area contributed by atoms with E-state index >= 15 is 0 Å². The van der Waals surface area contributed by atoms with Crippen molar-refractivity contribution in [2.75, 3.05) is 16.8 Å². The Morgan fingerprint density at radius 3 is 2.63 bits per heavy atom. The molecule has 0 unspecified atom stereocenters. The number of hydrogen-bond acceptors (Lipinski definition) is 5. The normalized spacial score (nSPS) is 13.9. The van der Waals surface area contributed by atoms with Crippen molar-refractivity contribution in [1.29, 1.82) is 0 Å². The molecule has 1 fully saturated rings. The van der Waals surface area contributed by atoms with Crippen LogP contribution in [-0.2, 0) is 11.3 Å². The van der Waals surface area contributed by atoms with Gasteiger partial charge >= 0.3 is 0 Å². The largest absolute Gasteiger partial charge is 0.380 e. The third-order valence-electron chi connectivity index (χ3n) is 4.80. The van der Waals surface area contributed by atoms with Crippen molar-refractivity contribution in [2.45, 2.75) is 19.4 Å². The molecule has 1 aromatic heterocycles. The molecule has 0 aliphatic carbocycles. The van der Waals surface area contributed by atoms with Crippen LogP contribution in [0.25, 0.3) is 10.8 Å². The summed E-state index contributed by atoms with van der Waals surface area (Å²) in [6.07, 6.45) is 4.66. The van der Waals surface area contributed by atoms with E-state index in [1.807, 2.05) is 29.2 Å². The summed E-state index contributed by atoms with van der Waals surface area (Å²) in [7, 11) is 0. The molecule has 7 nitrogen and oxygen atoms in total. The molecule has 1 N–H and O–H groups in total. The highest BCUT2D eigenvalue weighted by atomic mass is 16.6. The number of benzene rings is 2. The van der Waals surface area contributed by atoms with Gasteiger partial charge in [-0.25, -0.2) is 0 Å². The van der Waals surface area contributed by atoms with Crippen molar-refractivity contribution in [3.8, 4) is 0 Å². The Morgan fingerprint density at radius 1 is 1.11 bits per heavy atom. The van der Waals surface area contributed by atoms with E-state index in [-0.39, 0.29) is 11.6 Å². The fourth-order valence-electron chi connectivity index (χ4n) is 3.40. The number of nitro benzene ring substituents is 1. The molecule has 1 amide bonds. The maximum absolute atomic E-state index is 11.8. The number of amides is 1. The summed E-state index contributed by atoms with van der Waals surface area (Å²) in [6.45, 7) is 1.35. The quantitative estimate of drug-likeness (QED) is 0.550. The summed E-state index contributed by atoms with van der Waals surface area (Å²) in [4.78, 5) is 28.5. The number of rotatable bonds is 5. The molecule has 2 heterocycles. The number of nitro groups is 1. The molecule has 1 aliphatic rings. The summed E-state index contributed by atoms with van der Waals surface area (Å²) in [5.41, 5.74) is 2.85. The van der Waals surface area contributed by atoms with Crippen molar-refractivity contribution < 1.29 is 9.72 Å². The van der Waals surface area contributed by atoms with Gasteiger partial charge in [0.25, 0.3) is 5.69 Å². The second-order valence-corrected chi connectivity index (χ2v) is 6.48. The minimum atomic E-state index is -0.397. The molecular weight excluding hydrogens is 344 g/mol. The predicted octanol–water partition coefficient (Wildman–Crippen LogP) is 3.88. The number of nitrogens with one attached hydrogen (secondary N) is 1. The monoisotopic (exact) mass is 362 g/mol. The third kappa shape index (κ3) is 3.31. The highest BCUT2D eigenvalue weighted by molar-refractivity contribution is 5.99. The molecular formula is C20H18N4O3. The van der Waals surface area contributed by atoms with Crippen LogP contribution in [0, 0.1) is 10.1 Å². The fourth-order valence-corrected chi connectivity index (χ4v) is 3.40. The van der Waals surface area contributed by atoms with Crippen molar-refractivity contribution in [3.63, 3.8) is 0 Å². The van der Waals surface area contributed by atoms with Gasteiger partial charge in [0.05, 0.1) is 10.3 Å². The molecule has 4 rings (SSSR count). The summed E-state index contributed by atoms with van der Waals surface area (Å²) in [6, 6.07) is 12.9. The van der Waals surface area contributed by atoms with Gasteiger partial charge in [-0.1, -0.05) is 12.1 Å². The Hall–Kier alpha value is -3.48. The van der Waals surface area contributed by atoms with Crippen molar-refractivity contribution in [1.82, 2.24) is 4.98 Å². The van der Waals surface area contributed by atoms with Crippen LogP contribution in [0.5, 0.6) is 0 Å². The van der Waals surface area contributed by atoms with Gasteiger partial charge in [0.2, 0.25) is 5.91 Å². The minimum Gasteiger partial charge on any atom is -0.380 e. The van der Waals surface area contributed by atoms with E-state index in [9.17, 15) is 14.9 Å².